The largest absolute Gasteiger partial charge is 0.381 e. The highest BCUT2D eigenvalue weighted by Crippen LogP contribution is 2.18. The molecule has 1 N–H and O–H groups in total. The van der Waals surface area contributed by atoms with Crippen molar-refractivity contribution in [1.82, 2.24) is 9.97 Å². The van der Waals surface area contributed by atoms with Crippen molar-refractivity contribution in [1.29, 1.82) is 0 Å². The maximum Gasteiger partial charge on any atom is 0.133 e. The van der Waals surface area contributed by atoms with Crippen LogP contribution in [0.25, 0.3) is 0 Å². The quantitative estimate of drug-likeness (QED) is 0.765. The molecule has 19 heavy (non-hydrogen) atoms. The molecule has 1 aliphatic heterocycles. The molecule has 1 atom stereocenters. The van der Waals surface area contributed by atoms with Gasteiger partial charge in [0, 0.05) is 39.4 Å². The van der Waals surface area contributed by atoms with Gasteiger partial charge in [0.2, 0.25) is 0 Å². The lowest BCUT2D eigenvalue weighted by Gasteiger charge is -2.16. The maximum atomic E-state index is 5.38. The van der Waals surface area contributed by atoms with E-state index in [9.17, 15) is 0 Å². The van der Waals surface area contributed by atoms with Crippen LogP contribution < -0.4 is 10.2 Å². The molecule has 0 amide bonds. The van der Waals surface area contributed by atoms with E-state index < -0.39 is 0 Å². The molecule has 106 valence electrons. The van der Waals surface area contributed by atoms with Crippen molar-refractivity contribution < 1.29 is 4.74 Å². The highest BCUT2D eigenvalue weighted by Gasteiger charge is 2.14. The number of hydrogen-bond acceptors (Lipinski definition) is 5. The molecule has 0 saturated carbocycles. The highest BCUT2D eigenvalue weighted by molar-refractivity contribution is 5.47. The monoisotopic (exact) mass is 264 g/mol. The number of anilines is 2. The van der Waals surface area contributed by atoms with Gasteiger partial charge in [-0.1, -0.05) is 0 Å². The number of nitrogens with zero attached hydrogens (tertiary/aromatic N) is 3. The van der Waals surface area contributed by atoms with E-state index in [1.807, 2.05) is 13.1 Å². The molecule has 0 radical (unpaired) electrons. The van der Waals surface area contributed by atoms with Gasteiger partial charge in [-0.05, 0) is 32.1 Å². The average molecular weight is 264 g/mol. The second-order valence-electron chi connectivity index (χ2n) is 5.07. The zero-order valence-electron chi connectivity index (χ0n) is 11.9. The van der Waals surface area contributed by atoms with Crippen molar-refractivity contribution in [3.63, 3.8) is 0 Å². The molecule has 1 aromatic heterocycles. The Morgan fingerprint density at radius 1 is 1.47 bits per heavy atom. The second kappa shape index (κ2) is 7.28. The summed E-state index contributed by atoms with van der Waals surface area (Å²) in [6.45, 7) is 5.90. The summed E-state index contributed by atoms with van der Waals surface area (Å²) in [5, 5.41) is 3.37. The maximum absolute atomic E-state index is 5.38. The van der Waals surface area contributed by atoms with E-state index in [4.69, 9.17) is 4.74 Å². The minimum atomic E-state index is 0.758. The molecule has 1 aliphatic rings. The van der Waals surface area contributed by atoms with Gasteiger partial charge in [0.05, 0.1) is 0 Å². The SMILES string of the molecule is CCN(C)c1cc(NCCCC2CCOC2)ncn1. The average Bonchev–Trinajstić information content (AvgIpc) is 2.96. The first kappa shape index (κ1) is 14.1. The summed E-state index contributed by atoms with van der Waals surface area (Å²) in [7, 11) is 2.03. The fourth-order valence-electron chi connectivity index (χ4n) is 2.23. The molecule has 0 spiro atoms. The summed E-state index contributed by atoms with van der Waals surface area (Å²) in [4.78, 5) is 10.6. The molecule has 0 bridgehead atoms. The molecule has 1 fully saturated rings. The molecule has 1 saturated heterocycles. The summed E-state index contributed by atoms with van der Waals surface area (Å²) in [5.74, 6) is 2.63. The van der Waals surface area contributed by atoms with Crippen molar-refractivity contribution >= 4 is 11.6 Å². The third kappa shape index (κ3) is 4.35. The van der Waals surface area contributed by atoms with Gasteiger partial charge in [-0.25, -0.2) is 9.97 Å². The zero-order chi connectivity index (χ0) is 13.5. The number of aromatic nitrogens is 2. The fourth-order valence-corrected chi connectivity index (χ4v) is 2.23. The summed E-state index contributed by atoms with van der Waals surface area (Å²) in [6, 6.07) is 2.00. The summed E-state index contributed by atoms with van der Waals surface area (Å²) in [6.07, 6.45) is 5.24. The van der Waals surface area contributed by atoms with Gasteiger partial charge in [-0.3, -0.25) is 0 Å². The minimum absolute atomic E-state index is 0.758. The first-order chi connectivity index (χ1) is 9.29. The van der Waals surface area contributed by atoms with Gasteiger partial charge in [0.25, 0.3) is 0 Å². The predicted octanol–water partition coefficient (Wildman–Crippen LogP) is 2.16. The Morgan fingerprint density at radius 2 is 2.37 bits per heavy atom. The zero-order valence-corrected chi connectivity index (χ0v) is 11.9. The predicted molar refractivity (Wildman–Crippen MR) is 77.6 cm³/mol. The Labute approximate surface area is 115 Å². The van der Waals surface area contributed by atoms with Crippen LogP contribution in [0.4, 0.5) is 11.6 Å². The fraction of sp³-hybridized carbons (Fsp3) is 0.714. The van der Waals surface area contributed by atoms with E-state index in [0.29, 0.717) is 0 Å². The Kier molecular flexibility index (Phi) is 5.39. The highest BCUT2D eigenvalue weighted by atomic mass is 16.5. The third-order valence-electron chi connectivity index (χ3n) is 3.64. The lowest BCUT2D eigenvalue weighted by Crippen LogP contribution is -2.17. The van der Waals surface area contributed by atoms with Crippen molar-refractivity contribution in [2.24, 2.45) is 5.92 Å². The molecular weight excluding hydrogens is 240 g/mol. The number of ether oxygens (including phenoxy) is 1. The molecule has 5 nitrogen and oxygen atoms in total. The van der Waals surface area contributed by atoms with Crippen LogP contribution in [0.2, 0.25) is 0 Å². The van der Waals surface area contributed by atoms with Crippen molar-refractivity contribution in [2.45, 2.75) is 26.2 Å². The number of nitrogens with one attached hydrogen (secondary N) is 1. The Hall–Kier alpha value is -1.36. The van der Waals surface area contributed by atoms with E-state index in [2.05, 4.69) is 27.1 Å². The lowest BCUT2D eigenvalue weighted by atomic mass is 10.0. The topological polar surface area (TPSA) is 50.3 Å². The molecule has 5 heteroatoms. The third-order valence-corrected chi connectivity index (χ3v) is 3.64. The second-order valence-corrected chi connectivity index (χ2v) is 5.07. The van der Waals surface area contributed by atoms with E-state index in [1.54, 1.807) is 6.33 Å². The van der Waals surface area contributed by atoms with Gasteiger partial charge >= 0.3 is 0 Å². The molecule has 2 rings (SSSR count). The number of hydrogen-bond donors (Lipinski definition) is 1. The Balaban J connectivity index is 1.72. The molecular formula is C14H24N4O. The lowest BCUT2D eigenvalue weighted by molar-refractivity contribution is 0.184. The van der Waals surface area contributed by atoms with Crippen LogP contribution in [0.1, 0.15) is 26.2 Å². The minimum Gasteiger partial charge on any atom is -0.381 e. The van der Waals surface area contributed by atoms with Gasteiger partial charge in [-0.2, -0.15) is 0 Å². The first-order valence-corrected chi connectivity index (χ1v) is 7.14. The first-order valence-electron chi connectivity index (χ1n) is 7.14. The van der Waals surface area contributed by atoms with Gasteiger partial charge in [0.15, 0.2) is 0 Å². The summed E-state index contributed by atoms with van der Waals surface area (Å²) < 4.78 is 5.38. The van der Waals surface area contributed by atoms with Crippen LogP contribution in [-0.2, 0) is 4.74 Å². The van der Waals surface area contributed by atoms with E-state index in [-0.39, 0.29) is 0 Å². The van der Waals surface area contributed by atoms with Crippen LogP contribution in [0, 0.1) is 5.92 Å². The van der Waals surface area contributed by atoms with Crippen molar-refractivity contribution in [3.05, 3.63) is 12.4 Å². The normalized spacial score (nSPS) is 18.5. The molecule has 2 heterocycles. The van der Waals surface area contributed by atoms with Gasteiger partial charge in [0.1, 0.15) is 18.0 Å². The van der Waals surface area contributed by atoms with Crippen LogP contribution in [-0.4, -0.2) is 43.3 Å². The van der Waals surface area contributed by atoms with Crippen LogP contribution in [0.3, 0.4) is 0 Å². The Bertz CT molecular complexity index is 379. The van der Waals surface area contributed by atoms with Crippen LogP contribution in [0.5, 0.6) is 0 Å². The molecule has 1 unspecified atom stereocenters. The van der Waals surface area contributed by atoms with Crippen LogP contribution in [0.15, 0.2) is 12.4 Å². The van der Waals surface area contributed by atoms with E-state index in [0.717, 1.165) is 50.3 Å². The summed E-state index contributed by atoms with van der Waals surface area (Å²) >= 11 is 0. The molecule has 0 aliphatic carbocycles. The summed E-state index contributed by atoms with van der Waals surface area (Å²) in [5.41, 5.74) is 0. The Morgan fingerprint density at radius 3 is 3.11 bits per heavy atom. The van der Waals surface area contributed by atoms with Gasteiger partial charge in [-0.15, -0.1) is 0 Å². The van der Waals surface area contributed by atoms with Crippen molar-refractivity contribution in [2.75, 3.05) is 43.6 Å². The number of rotatable bonds is 7. The van der Waals surface area contributed by atoms with Gasteiger partial charge < -0.3 is 15.0 Å². The van der Waals surface area contributed by atoms with E-state index >= 15 is 0 Å². The van der Waals surface area contributed by atoms with E-state index in [1.165, 1.54) is 12.8 Å². The van der Waals surface area contributed by atoms with Crippen LogP contribution >= 0.6 is 0 Å². The smallest absolute Gasteiger partial charge is 0.133 e. The van der Waals surface area contributed by atoms with Crippen molar-refractivity contribution in [3.8, 4) is 0 Å². The molecule has 1 aromatic rings. The molecule has 0 aromatic carbocycles. The standard InChI is InChI=1S/C14H24N4O/c1-3-18(2)14-9-13(16-11-17-14)15-7-4-5-12-6-8-19-10-12/h9,11-12H,3-8,10H2,1-2H3,(H,15,16,17).